The average Bonchev–Trinajstić information content (AvgIpc) is 3.48. The Labute approximate surface area is 233 Å². The van der Waals surface area contributed by atoms with Crippen molar-refractivity contribution in [3.8, 4) is 0 Å². The molecule has 0 bridgehead atoms. The Bertz CT molecular complexity index is 1240. The van der Waals surface area contributed by atoms with Gasteiger partial charge in [0, 0.05) is 38.6 Å². The molecule has 2 aliphatic carbocycles. The minimum Gasteiger partial charge on any atom is -0.380 e. The second-order valence-electron chi connectivity index (χ2n) is 12.6. The van der Waals surface area contributed by atoms with Crippen molar-refractivity contribution in [3.05, 3.63) is 40.1 Å². The molecule has 8 nitrogen and oxygen atoms in total. The molecule has 4 heterocycles. The largest absolute Gasteiger partial charge is 0.418 e. The summed E-state index contributed by atoms with van der Waals surface area (Å²) in [7, 11) is 3.80. The molecule has 6 rings (SSSR count). The third-order valence-corrected chi connectivity index (χ3v) is 10.1. The summed E-state index contributed by atoms with van der Waals surface area (Å²) >= 11 is 0. The second kappa shape index (κ2) is 11.4. The number of imidazole rings is 1. The van der Waals surface area contributed by atoms with Crippen molar-refractivity contribution in [1.29, 1.82) is 0 Å². The van der Waals surface area contributed by atoms with Crippen LogP contribution in [-0.2, 0) is 17.5 Å². The van der Waals surface area contributed by atoms with Crippen molar-refractivity contribution in [1.82, 2.24) is 29.6 Å². The number of likely N-dealkylation sites (tertiary alicyclic amines) is 1. The van der Waals surface area contributed by atoms with Crippen LogP contribution in [0.25, 0.3) is 5.52 Å². The maximum absolute atomic E-state index is 14.3. The summed E-state index contributed by atoms with van der Waals surface area (Å²) in [5.74, 6) is 1.53. The number of nitrogens with one attached hydrogen (secondary N) is 2. The normalized spacial score (nSPS) is 30.1. The molecule has 11 heteroatoms. The van der Waals surface area contributed by atoms with Gasteiger partial charge in [0.1, 0.15) is 0 Å². The minimum absolute atomic E-state index is 0.0475. The Morgan fingerprint density at radius 1 is 1.07 bits per heavy atom. The van der Waals surface area contributed by atoms with E-state index in [9.17, 15) is 18.0 Å². The van der Waals surface area contributed by atoms with Crippen LogP contribution in [0, 0.1) is 17.8 Å². The molecular formula is C29H43F3N6O2. The number of pyridine rings is 1. The number of alkyl halides is 3. The molecule has 4 aliphatic rings. The first-order valence-electron chi connectivity index (χ1n) is 15.0. The Balaban J connectivity index is 1.30. The van der Waals surface area contributed by atoms with Gasteiger partial charge in [-0.3, -0.25) is 18.8 Å². The summed E-state index contributed by atoms with van der Waals surface area (Å²) in [5.41, 5.74) is 6.12. The summed E-state index contributed by atoms with van der Waals surface area (Å²) in [6.45, 7) is 2.64. The number of hydrogen-bond donors (Lipinski definition) is 2. The fourth-order valence-electron chi connectivity index (χ4n) is 7.85. The first-order valence-corrected chi connectivity index (χ1v) is 15.0. The number of halogens is 3. The zero-order valence-electron chi connectivity index (χ0n) is 23.6. The molecule has 2 aromatic heterocycles. The molecule has 222 valence electrons. The van der Waals surface area contributed by atoms with E-state index in [4.69, 9.17) is 4.74 Å². The van der Waals surface area contributed by atoms with Crippen molar-refractivity contribution in [2.75, 3.05) is 33.9 Å². The van der Waals surface area contributed by atoms with E-state index in [2.05, 4.69) is 27.7 Å². The predicted molar refractivity (Wildman–Crippen MR) is 146 cm³/mol. The van der Waals surface area contributed by atoms with Gasteiger partial charge in [-0.1, -0.05) is 25.7 Å². The van der Waals surface area contributed by atoms with E-state index in [0.717, 1.165) is 51.7 Å². The molecule has 2 N–H and O–H groups in total. The quantitative estimate of drug-likeness (QED) is 0.526. The van der Waals surface area contributed by atoms with Crippen molar-refractivity contribution < 1.29 is 17.9 Å². The van der Waals surface area contributed by atoms with Crippen LogP contribution in [0.4, 0.5) is 13.2 Å². The fourth-order valence-corrected chi connectivity index (χ4v) is 7.85. The SMILES string of the molecule is CO[C@H]1CCCN(Cc2cc(C(F)(F)F)c3cn(C4CCCC([C@@H](C5CCC5)C5NNCN5C)C4)c(=O)n3c2)C1. The van der Waals surface area contributed by atoms with Gasteiger partial charge >= 0.3 is 11.9 Å². The smallest absolute Gasteiger partial charge is 0.380 e. The lowest BCUT2D eigenvalue weighted by Gasteiger charge is -2.46. The van der Waals surface area contributed by atoms with Crippen LogP contribution >= 0.6 is 0 Å². The Kier molecular flexibility index (Phi) is 8.04. The Morgan fingerprint density at radius 3 is 2.52 bits per heavy atom. The average molecular weight is 565 g/mol. The summed E-state index contributed by atoms with van der Waals surface area (Å²) < 4.78 is 51.3. The highest BCUT2D eigenvalue weighted by Gasteiger charge is 2.44. The molecule has 2 saturated heterocycles. The van der Waals surface area contributed by atoms with Crippen molar-refractivity contribution in [2.24, 2.45) is 17.8 Å². The molecule has 0 spiro atoms. The molecule has 4 fully saturated rings. The van der Waals surface area contributed by atoms with Crippen LogP contribution in [0.5, 0.6) is 0 Å². The lowest BCUT2D eigenvalue weighted by Crippen LogP contribution is -2.50. The second-order valence-corrected chi connectivity index (χ2v) is 12.6. The number of fused-ring (bicyclic) bond motifs is 1. The van der Waals surface area contributed by atoms with E-state index in [1.165, 1.54) is 35.9 Å². The topological polar surface area (TPSA) is 66.2 Å². The van der Waals surface area contributed by atoms with Crippen LogP contribution in [-0.4, -0.2) is 65.0 Å². The summed E-state index contributed by atoms with van der Waals surface area (Å²) in [6, 6.07) is 1.14. The summed E-state index contributed by atoms with van der Waals surface area (Å²) in [4.78, 5) is 18.2. The van der Waals surface area contributed by atoms with Gasteiger partial charge in [0.25, 0.3) is 0 Å². The molecule has 0 aromatic carbocycles. The van der Waals surface area contributed by atoms with Crippen molar-refractivity contribution in [2.45, 2.75) is 88.8 Å². The summed E-state index contributed by atoms with van der Waals surface area (Å²) in [6.07, 6.45) is 8.21. The highest BCUT2D eigenvalue weighted by atomic mass is 19.4. The van der Waals surface area contributed by atoms with E-state index in [-0.39, 0.29) is 29.5 Å². The van der Waals surface area contributed by atoms with Gasteiger partial charge in [-0.25, -0.2) is 15.6 Å². The molecule has 40 heavy (non-hydrogen) atoms. The number of aromatic nitrogens is 2. The van der Waals surface area contributed by atoms with E-state index in [1.54, 1.807) is 17.9 Å². The van der Waals surface area contributed by atoms with E-state index in [1.807, 2.05) is 0 Å². The molecule has 2 aromatic rings. The van der Waals surface area contributed by atoms with E-state index in [0.29, 0.717) is 36.4 Å². The van der Waals surface area contributed by atoms with Crippen LogP contribution < -0.4 is 16.5 Å². The Hall–Kier alpha value is -1.92. The van der Waals surface area contributed by atoms with Crippen LogP contribution in [0.15, 0.2) is 23.3 Å². The zero-order valence-corrected chi connectivity index (χ0v) is 23.6. The molecule has 3 unspecified atom stereocenters. The monoisotopic (exact) mass is 564 g/mol. The third-order valence-electron chi connectivity index (χ3n) is 10.1. The van der Waals surface area contributed by atoms with Crippen molar-refractivity contribution in [3.63, 3.8) is 0 Å². The fraction of sp³-hybridized carbons (Fsp3) is 0.759. The van der Waals surface area contributed by atoms with Gasteiger partial charge < -0.3 is 4.74 Å². The lowest BCUT2D eigenvalue weighted by atomic mass is 9.65. The Morgan fingerprint density at radius 2 is 1.85 bits per heavy atom. The number of rotatable bonds is 7. The molecule has 5 atom stereocenters. The molecule has 2 saturated carbocycles. The first-order chi connectivity index (χ1) is 19.2. The maximum Gasteiger partial charge on any atom is 0.418 e. The van der Waals surface area contributed by atoms with Crippen LogP contribution in [0.2, 0.25) is 0 Å². The highest BCUT2D eigenvalue weighted by Crippen LogP contribution is 2.47. The minimum atomic E-state index is -4.55. The molecule has 2 aliphatic heterocycles. The zero-order chi connectivity index (χ0) is 28.0. The third kappa shape index (κ3) is 5.47. The van der Waals surface area contributed by atoms with Crippen molar-refractivity contribution >= 4 is 5.52 Å². The number of methoxy groups -OCH3 is 1. The first kappa shape index (κ1) is 28.2. The van der Waals surface area contributed by atoms with E-state index >= 15 is 0 Å². The standard InChI is InChI=1S/C29H43F3N6O2/c1-35-18-33-34-27(35)26(20-6-3-7-20)21-8-4-9-22(13-21)37-17-25-24(29(30,31)32)12-19(15-38(25)28(37)39)14-36-11-5-10-23(16-36)40-2/h12,15,17,20-23,26-27,33-34H,3-11,13-14,16,18H2,1-2H3/t21?,22?,23-,26+,27?/m0/s1. The van der Waals surface area contributed by atoms with Gasteiger partial charge in [0.2, 0.25) is 0 Å². The number of hydrazine groups is 1. The maximum atomic E-state index is 14.3. The summed E-state index contributed by atoms with van der Waals surface area (Å²) in [5, 5.41) is 0. The van der Waals surface area contributed by atoms with Gasteiger partial charge in [0.05, 0.1) is 30.0 Å². The number of piperidine rings is 1. The van der Waals surface area contributed by atoms with Gasteiger partial charge in [0.15, 0.2) is 0 Å². The van der Waals surface area contributed by atoms with Gasteiger partial charge in [-0.15, -0.1) is 0 Å². The number of hydrogen-bond acceptors (Lipinski definition) is 6. The lowest BCUT2D eigenvalue weighted by molar-refractivity contribution is -0.136. The highest BCUT2D eigenvalue weighted by molar-refractivity contribution is 5.56. The van der Waals surface area contributed by atoms with E-state index < -0.39 is 11.7 Å². The van der Waals surface area contributed by atoms with Crippen LogP contribution in [0.3, 0.4) is 0 Å². The van der Waals surface area contributed by atoms with Gasteiger partial charge in [-0.2, -0.15) is 13.2 Å². The van der Waals surface area contributed by atoms with Gasteiger partial charge in [-0.05, 0) is 75.1 Å². The molecular weight excluding hydrogens is 521 g/mol. The van der Waals surface area contributed by atoms with Crippen LogP contribution in [0.1, 0.15) is 75.0 Å². The molecule has 0 amide bonds. The number of ether oxygens (including phenoxy) is 1. The number of nitrogens with zero attached hydrogens (tertiary/aromatic N) is 4. The molecule has 0 radical (unpaired) electrons. The predicted octanol–water partition coefficient (Wildman–Crippen LogP) is 4.20.